The second kappa shape index (κ2) is 6.66. The maximum Gasteiger partial charge on any atom is 0.137 e. The molecule has 106 valence electrons. The Morgan fingerprint density at radius 3 is 2.45 bits per heavy atom. The molecule has 0 fully saturated rings. The zero-order chi connectivity index (χ0) is 14.7. The topological polar surface area (TPSA) is 12.0 Å². The maximum absolute atomic E-state index is 14.0. The van der Waals surface area contributed by atoms with Crippen LogP contribution in [0.5, 0.6) is 0 Å². The van der Waals surface area contributed by atoms with E-state index >= 15 is 0 Å². The molecule has 0 bridgehead atoms. The molecule has 5 heteroatoms. The van der Waals surface area contributed by atoms with Crippen molar-refractivity contribution in [1.29, 1.82) is 0 Å². The number of nitrogens with one attached hydrogen (secondary N) is 1. The van der Waals surface area contributed by atoms with Gasteiger partial charge in [-0.25, -0.2) is 8.78 Å². The van der Waals surface area contributed by atoms with Crippen LogP contribution in [-0.4, -0.2) is 7.05 Å². The third-order valence-electron chi connectivity index (χ3n) is 3.15. The monoisotopic (exact) mass is 359 g/mol. The van der Waals surface area contributed by atoms with E-state index in [4.69, 9.17) is 11.6 Å². The lowest BCUT2D eigenvalue weighted by atomic mass is 9.98. The average molecular weight is 361 g/mol. The lowest BCUT2D eigenvalue weighted by Gasteiger charge is -2.19. The molecule has 0 heterocycles. The summed E-state index contributed by atoms with van der Waals surface area (Å²) in [6.45, 7) is 0. The van der Waals surface area contributed by atoms with E-state index in [0.29, 0.717) is 21.5 Å². The van der Waals surface area contributed by atoms with Crippen molar-refractivity contribution in [1.82, 2.24) is 5.32 Å². The first-order valence-corrected chi connectivity index (χ1v) is 7.25. The molecule has 2 aromatic carbocycles. The summed E-state index contributed by atoms with van der Waals surface area (Å²) in [6, 6.07) is 9.04. The van der Waals surface area contributed by atoms with Gasteiger partial charge in [0.15, 0.2) is 0 Å². The van der Waals surface area contributed by atoms with E-state index in [1.807, 2.05) is 0 Å². The molecule has 0 aliphatic rings. The van der Waals surface area contributed by atoms with Crippen LogP contribution in [0, 0.1) is 11.6 Å². The molecule has 0 spiro atoms. The Labute approximate surface area is 130 Å². The van der Waals surface area contributed by atoms with Gasteiger partial charge in [-0.3, -0.25) is 0 Å². The summed E-state index contributed by atoms with van der Waals surface area (Å²) in [7, 11) is 1.72. The van der Waals surface area contributed by atoms with E-state index in [1.54, 1.807) is 31.3 Å². The average Bonchev–Trinajstić information content (AvgIpc) is 2.42. The van der Waals surface area contributed by atoms with Crippen LogP contribution < -0.4 is 5.32 Å². The molecule has 1 N–H and O–H groups in total. The van der Waals surface area contributed by atoms with Crippen molar-refractivity contribution in [3.8, 4) is 0 Å². The first kappa shape index (κ1) is 15.4. The molecule has 2 rings (SSSR count). The van der Waals surface area contributed by atoms with Crippen molar-refractivity contribution in [2.24, 2.45) is 0 Å². The van der Waals surface area contributed by atoms with Crippen LogP contribution in [0.4, 0.5) is 8.78 Å². The fraction of sp³-hybridized carbons (Fsp3) is 0.200. The van der Waals surface area contributed by atoms with Gasteiger partial charge in [-0.15, -0.1) is 0 Å². The molecule has 0 saturated carbocycles. The summed E-state index contributed by atoms with van der Waals surface area (Å²) in [5.74, 6) is -0.707. The predicted molar refractivity (Wildman–Crippen MR) is 81.0 cm³/mol. The highest BCUT2D eigenvalue weighted by atomic mass is 79.9. The third kappa shape index (κ3) is 3.19. The Kier molecular flexibility index (Phi) is 5.13. The Bertz CT molecular complexity index is 599. The van der Waals surface area contributed by atoms with Crippen LogP contribution in [-0.2, 0) is 6.42 Å². The Morgan fingerprint density at radius 1 is 1.15 bits per heavy atom. The molecule has 1 atom stereocenters. The molecular weight excluding hydrogens is 348 g/mol. The van der Waals surface area contributed by atoms with Gasteiger partial charge < -0.3 is 5.32 Å². The molecule has 2 aromatic rings. The number of rotatable bonds is 4. The number of likely N-dealkylation sites (N-methyl/N-ethyl adjacent to an activating group) is 1. The second-order valence-corrected chi connectivity index (χ2v) is 5.59. The summed E-state index contributed by atoms with van der Waals surface area (Å²) in [5, 5.41) is 3.39. The molecule has 0 aliphatic heterocycles. The van der Waals surface area contributed by atoms with Crippen LogP contribution in [0.2, 0.25) is 5.02 Å². The van der Waals surface area contributed by atoms with Gasteiger partial charge in [0.05, 0.1) is 4.47 Å². The first-order valence-electron chi connectivity index (χ1n) is 6.08. The number of hydrogen-bond donors (Lipinski definition) is 1. The molecule has 0 radical (unpaired) electrons. The Hall–Kier alpha value is -0.970. The van der Waals surface area contributed by atoms with E-state index in [0.717, 1.165) is 5.56 Å². The predicted octanol–water partition coefficient (Wildman–Crippen LogP) is 4.88. The molecule has 0 aliphatic carbocycles. The maximum atomic E-state index is 14.0. The zero-order valence-corrected chi connectivity index (χ0v) is 13.1. The van der Waals surface area contributed by atoms with Crippen LogP contribution in [0.1, 0.15) is 17.2 Å². The van der Waals surface area contributed by atoms with Crippen LogP contribution in [0.15, 0.2) is 40.9 Å². The molecule has 20 heavy (non-hydrogen) atoms. The standard InChI is InChI=1S/C15H13BrClF2N/c1-20-13(14-10(17)5-3-6-11(14)18)8-9-4-2-7-12(19)15(9)16/h2-7,13,20H,8H2,1H3. The van der Waals surface area contributed by atoms with Gasteiger partial charge in [0.25, 0.3) is 0 Å². The van der Waals surface area contributed by atoms with Gasteiger partial charge in [0, 0.05) is 16.6 Å². The van der Waals surface area contributed by atoms with Crippen molar-refractivity contribution >= 4 is 27.5 Å². The molecular formula is C15H13BrClF2N. The molecule has 1 unspecified atom stereocenters. The molecule has 0 saturated heterocycles. The fourth-order valence-electron chi connectivity index (χ4n) is 2.12. The van der Waals surface area contributed by atoms with E-state index < -0.39 is 0 Å². The highest BCUT2D eigenvalue weighted by molar-refractivity contribution is 9.10. The van der Waals surface area contributed by atoms with Crippen molar-refractivity contribution in [3.05, 3.63) is 68.7 Å². The lowest BCUT2D eigenvalue weighted by molar-refractivity contribution is 0.531. The SMILES string of the molecule is CNC(Cc1cccc(F)c1Br)c1c(F)cccc1Cl. The Balaban J connectivity index is 2.37. The highest BCUT2D eigenvalue weighted by Gasteiger charge is 2.19. The normalized spacial score (nSPS) is 12.4. The van der Waals surface area contributed by atoms with Gasteiger partial charge in [-0.2, -0.15) is 0 Å². The minimum Gasteiger partial charge on any atom is -0.313 e. The summed E-state index contributed by atoms with van der Waals surface area (Å²) < 4.78 is 27.9. The fourth-order valence-corrected chi connectivity index (χ4v) is 2.84. The van der Waals surface area contributed by atoms with E-state index in [2.05, 4.69) is 21.2 Å². The summed E-state index contributed by atoms with van der Waals surface area (Å²) in [5.41, 5.74) is 1.15. The van der Waals surface area contributed by atoms with Gasteiger partial charge in [0.1, 0.15) is 11.6 Å². The van der Waals surface area contributed by atoms with Gasteiger partial charge >= 0.3 is 0 Å². The summed E-state index contributed by atoms with van der Waals surface area (Å²) in [6.07, 6.45) is 0.426. The van der Waals surface area contributed by atoms with E-state index in [9.17, 15) is 8.78 Å². The van der Waals surface area contributed by atoms with E-state index in [1.165, 1.54) is 12.1 Å². The van der Waals surface area contributed by atoms with Crippen molar-refractivity contribution < 1.29 is 8.78 Å². The van der Waals surface area contributed by atoms with Crippen molar-refractivity contribution in [3.63, 3.8) is 0 Å². The summed E-state index contributed by atoms with van der Waals surface area (Å²) >= 11 is 9.29. The van der Waals surface area contributed by atoms with Gasteiger partial charge in [-0.1, -0.05) is 29.8 Å². The first-order chi connectivity index (χ1) is 9.54. The number of hydrogen-bond acceptors (Lipinski definition) is 1. The van der Waals surface area contributed by atoms with Gasteiger partial charge in [0.2, 0.25) is 0 Å². The third-order valence-corrected chi connectivity index (χ3v) is 4.37. The van der Waals surface area contributed by atoms with Crippen LogP contribution >= 0.6 is 27.5 Å². The van der Waals surface area contributed by atoms with Crippen molar-refractivity contribution in [2.45, 2.75) is 12.5 Å². The molecule has 0 aromatic heterocycles. The van der Waals surface area contributed by atoms with Gasteiger partial charge in [-0.05, 0) is 53.2 Å². The lowest BCUT2D eigenvalue weighted by Crippen LogP contribution is -2.21. The van der Waals surface area contributed by atoms with Crippen LogP contribution in [0.3, 0.4) is 0 Å². The second-order valence-electron chi connectivity index (χ2n) is 4.39. The number of halogens is 4. The molecule has 1 nitrogen and oxygen atoms in total. The highest BCUT2D eigenvalue weighted by Crippen LogP contribution is 2.30. The smallest absolute Gasteiger partial charge is 0.137 e. The quantitative estimate of drug-likeness (QED) is 0.819. The zero-order valence-electron chi connectivity index (χ0n) is 10.8. The van der Waals surface area contributed by atoms with Crippen LogP contribution in [0.25, 0.3) is 0 Å². The van der Waals surface area contributed by atoms with Crippen molar-refractivity contribution in [2.75, 3.05) is 7.05 Å². The number of benzene rings is 2. The van der Waals surface area contributed by atoms with E-state index in [-0.39, 0.29) is 17.7 Å². The largest absolute Gasteiger partial charge is 0.313 e. The minimum atomic E-state index is -0.371. The summed E-state index contributed by atoms with van der Waals surface area (Å²) in [4.78, 5) is 0. The minimum absolute atomic E-state index is 0.332. The molecule has 0 amide bonds. The Morgan fingerprint density at radius 2 is 1.80 bits per heavy atom.